The van der Waals surface area contributed by atoms with E-state index in [9.17, 15) is 19.8 Å². The molecule has 0 radical (unpaired) electrons. The largest absolute Gasteiger partial charge is 0.481 e. The highest BCUT2D eigenvalue weighted by Gasteiger charge is 2.21. The summed E-state index contributed by atoms with van der Waals surface area (Å²) in [6, 6.07) is 0. The first-order chi connectivity index (χ1) is 17.6. The third-order valence-corrected chi connectivity index (χ3v) is 3.49. The Balaban J connectivity index is 5.14. The Labute approximate surface area is 170 Å². The molecule has 24 heavy (non-hydrogen) atoms. The van der Waals surface area contributed by atoms with E-state index < -0.39 is 75.8 Å². The summed E-state index contributed by atoms with van der Waals surface area (Å²) in [6.07, 6.45) is -6.23. The van der Waals surface area contributed by atoms with Crippen molar-refractivity contribution in [1.82, 2.24) is 0 Å². The molecule has 0 aromatic carbocycles. The van der Waals surface area contributed by atoms with Crippen molar-refractivity contribution >= 4 is 11.9 Å². The fourth-order valence-corrected chi connectivity index (χ4v) is 2.33. The molecule has 0 aliphatic heterocycles. The van der Waals surface area contributed by atoms with Gasteiger partial charge in [0.15, 0.2) is 0 Å². The number of rotatable bonds is 15. The molecule has 142 valence electrons. The smallest absolute Gasteiger partial charge is 0.303 e. The van der Waals surface area contributed by atoms with Gasteiger partial charge in [0.1, 0.15) is 0 Å². The molecule has 4 heteroatoms. The Morgan fingerprint density at radius 1 is 0.708 bits per heavy atom. The third-order valence-electron chi connectivity index (χ3n) is 3.49. The first-order valence-corrected chi connectivity index (χ1v) is 8.06. The topological polar surface area (TPSA) is 74.6 Å². The molecule has 0 amide bonds. The zero-order valence-corrected chi connectivity index (χ0v) is 13.8. The van der Waals surface area contributed by atoms with Crippen LogP contribution in [0.25, 0.3) is 0 Å². The maximum absolute atomic E-state index is 11.5. The molecule has 0 aliphatic rings. The molecule has 0 saturated carbocycles. The Hall–Kier alpha value is -1.06. The van der Waals surface area contributed by atoms with Crippen molar-refractivity contribution in [2.24, 2.45) is 10.8 Å². The van der Waals surface area contributed by atoms with Gasteiger partial charge in [0.05, 0.1) is 12.7 Å². The molecule has 0 spiro atoms. The Kier molecular flexibility index (Phi) is 3.67. The zero-order valence-electron chi connectivity index (χ0n) is 29.8. The lowest BCUT2D eigenvalue weighted by Crippen LogP contribution is -2.16. The summed E-state index contributed by atoms with van der Waals surface area (Å²) in [5.41, 5.74) is -6.25. The monoisotopic (exact) mass is 358 g/mol. The molecule has 0 rings (SSSR count). The number of hydrogen-bond donors (Lipinski definition) is 2. The average Bonchev–Trinajstić information content (AvgIpc) is 2.69. The van der Waals surface area contributed by atoms with Gasteiger partial charge in [-0.05, 0) is 23.7 Å². The standard InChI is InChI=1S/C20H38O4/c1-19(2,15-17(21)22)13-11-9-7-5-6-8-10-12-14-20(3,4)16-18(23)24/h5-16H2,1-4H3,(H,21,22)(H,23,24)/i1D3,2D3,3D3,4D3,15D2,16D2. The van der Waals surface area contributed by atoms with E-state index in [0.29, 0.717) is 25.7 Å². The van der Waals surface area contributed by atoms with E-state index in [-0.39, 0.29) is 25.7 Å². The first-order valence-electron chi connectivity index (χ1n) is 16.1. The molecule has 0 unspecified atom stereocenters. The molecule has 0 aromatic rings. The van der Waals surface area contributed by atoms with Gasteiger partial charge in [0, 0.05) is 21.9 Å². The maximum atomic E-state index is 11.5. The van der Waals surface area contributed by atoms with Gasteiger partial charge in [-0.1, -0.05) is 78.8 Å². The molecule has 0 atom stereocenters. The van der Waals surface area contributed by atoms with Crippen LogP contribution in [0.15, 0.2) is 0 Å². The number of carboxylic acids is 2. The van der Waals surface area contributed by atoms with E-state index in [1.165, 1.54) is 0 Å². The minimum atomic E-state index is -3.56. The minimum Gasteiger partial charge on any atom is -0.481 e. The molecule has 0 saturated heterocycles. The highest BCUT2D eigenvalue weighted by Crippen LogP contribution is 2.29. The number of carboxylic acid groups (broad SMARTS) is 2. The van der Waals surface area contributed by atoms with Crippen LogP contribution in [-0.2, 0) is 9.59 Å². The van der Waals surface area contributed by atoms with Crippen molar-refractivity contribution in [3.8, 4) is 0 Å². The summed E-state index contributed by atoms with van der Waals surface area (Å²) >= 11 is 0. The van der Waals surface area contributed by atoms with E-state index in [4.69, 9.17) is 21.9 Å². The number of unbranched alkanes of at least 4 members (excludes halogenated alkanes) is 7. The molecular formula is C20H38O4. The van der Waals surface area contributed by atoms with Crippen LogP contribution < -0.4 is 0 Å². The highest BCUT2D eigenvalue weighted by molar-refractivity contribution is 5.67. The van der Waals surface area contributed by atoms with Crippen molar-refractivity contribution in [3.63, 3.8) is 0 Å². The Bertz CT molecular complexity index is 756. The van der Waals surface area contributed by atoms with Crippen molar-refractivity contribution in [1.29, 1.82) is 0 Å². The lowest BCUT2D eigenvalue weighted by Gasteiger charge is -2.22. The van der Waals surface area contributed by atoms with Crippen LogP contribution in [0.5, 0.6) is 0 Å². The summed E-state index contributed by atoms with van der Waals surface area (Å²) in [5, 5.41) is 18.5. The molecule has 0 heterocycles. The van der Waals surface area contributed by atoms with E-state index >= 15 is 0 Å². The van der Waals surface area contributed by atoms with Crippen molar-refractivity contribution in [2.75, 3.05) is 0 Å². The molecule has 2 N–H and O–H groups in total. The predicted octanol–water partition coefficient (Wildman–Crippen LogP) is 5.89. The van der Waals surface area contributed by atoms with Crippen LogP contribution >= 0.6 is 0 Å². The molecule has 4 nitrogen and oxygen atoms in total. The van der Waals surface area contributed by atoms with E-state index in [2.05, 4.69) is 0 Å². The molecular weight excluding hydrogens is 304 g/mol. The maximum Gasteiger partial charge on any atom is 0.303 e. The lowest BCUT2D eigenvalue weighted by molar-refractivity contribution is -0.140. The van der Waals surface area contributed by atoms with Gasteiger partial charge in [-0.3, -0.25) is 9.59 Å². The second-order valence-corrected chi connectivity index (χ2v) is 6.00. The lowest BCUT2D eigenvalue weighted by atomic mass is 9.83. The summed E-state index contributed by atoms with van der Waals surface area (Å²) in [7, 11) is 0. The van der Waals surface area contributed by atoms with Gasteiger partial charge >= 0.3 is 11.9 Å². The third kappa shape index (κ3) is 14.5. The second kappa shape index (κ2) is 11.5. The van der Waals surface area contributed by atoms with Gasteiger partial charge < -0.3 is 10.2 Å². The first kappa shape index (κ1) is 7.67. The van der Waals surface area contributed by atoms with Crippen molar-refractivity contribution in [3.05, 3.63) is 0 Å². The van der Waals surface area contributed by atoms with Crippen molar-refractivity contribution in [2.45, 2.75) is 104 Å². The normalized spacial score (nSPS) is 25.5. The zero-order chi connectivity index (χ0) is 32.2. The quantitative estimate of drug-likeness (QED) is 0.358. The van der Waals surface area contributed by atoms with Gasteiger partial charge in [-0.25, -0.2) is 0 Å². The number of aliphatic carboxylic acids is 2. The van der Waals surface area contributed by atoms with Crippen LogP contribution in [0.3, 0.4) is 0 Å². The van der Waals surface area contributed by atoms with E-state index in [0.717, 1.165) is 0 Å². The number of hydrogen-bond acceptors (Lipinski definition) is 2. The van der Waals surface area contributed by atoms with E-state index in [1.54, 1.807) is 0 Å². The van der Waals surface area contributed by atoms with Crippen LogP contribution in [0, 0.1) is 10.8 Å². The average molecular weight is 359 g/mol. The molecule has 0 fully saturated rings. The van der Waals surface area contributed by atoms with Gasteiger partial charge in [0.25, 0.3) is 0 Å². The van der Waals surface area contributed by atoms with Gasteiger partial charge in [0.2, 0.25) is 0 Å². The van der Waals surface area contributed by atoms with Gasteiger partial charge in [-0.15, -0.1) is 0 Å². The van der Waals surface area contributed by atoms with Crippen molar-refractivity contribution < 1.29 is 41.7 Å². The molecule has 0 bridgehead atoms. The molecule has 0 aromatic heterocycles. The van der Waals surface area contributed by atoms with Crippen LogP contribution in [0.1, 0.15) is 126 Å². The SMILES string of the molecule is [2H]C([2H])([2H])C(CCCCCCCCCCC(C([2H])([2H])[2H])(C([2H])([2H])[2H])C([2H])([2H])C(=O)O)(C([2H])([2H])[2H])C([2H])([2H])C(=O)O. The summed E-state index contributed by atoms with van der Waals surface area (Å²) < 4.78 is 123. The summed E-state index contributed by atoms with van der Waals surface area (Å²) in [4.78, 5) is 23.0. The second-order valence-electron chi connectivity index (χ2n) is 6.00. The fourth-order valence-electron chi connectivity index (χ4n) is 2.33. The van der Waals surface area contributed by atoms with Crippen LogP contribution in [0.4, 0.5) is 0 Å². The van der Waals surface area contributed by atoms with Gasteiger partial charge in [-0.2, -0.15) is 0 Å². The van der Waals surface area contributed by atoms with Crippen LogP contribution in [0.2, 0.25) is 0 Å². The Morgan fingerprint density at radius 2 is 1.00 bits per heavy atom. The minimum absolute atomic E-state index is 0.0759. The Morgan fingerprint density at radius 3 is 1.25 bits per heavy atom. The van der Waals surface area contributed by atoms with E-state index in [1.807, 2.05) is 0 Å². The predicted molar refractivity (Wildman–Crippen MR) is 98.2 cm³/mol. The summed E-state index contributed by atoms with van der Waals surface area (Å²) in [6.45, 7) is -13.7. The summed E-state index contributed by atoms with van der Waals surface area (Å²) in [5.74, 6) is -4.37. The highest BCUT2D eigenvalue weighted by atomic mass is 16.4. The molecule has 0 aliphatic carbocycles. The fraction of sp³-hybridized carbons (Fsp3) is 0.900. The van der Waals surface area contributed by atoms with Crippen LogP contribution in [-0.4, -0.2) is 22.2 Å². The number of carbonyl (C=O) groups is 2.